The van der Waals surface area contributed by atoms with Crippen molar-refractivity contribution in [3.05, 3.63) is 11.6 Å². The monoisotopic (exact) mass is 402 g/mol. The van der Waals surface area contributed by atoms with Gasteiger partial charge in [0.25, 0.3) is 0 Å². The van der Waals surface area contributed by atoms with Crippen molar-refractivity contribution in [1.82, 2.24) is 0 Å². The highest BCUT2D eigenvalue weighted by Crippen LogP contribution is 2.67. The Balaban J connectivity index is 1.44. The van der Waals surface area contributed by atoms with Gasteiger partial charge in [-0.15, -0.1) is 0 Å². The number of fused-ring (bicyclic) bond motifs is 5. The predicted molar refractivity (Wildman–Crippen MR) is 121 cm³/mol. The lowest BCUT2D eigenvalue weighted by Crippen LogP contribution is -2.50. The fraction of sp³-hybridized carbons (Fsp3) is 0.926. The number of rotatable bonds is 6. The summed E-state index contributed by atoms with van der Waals surface area (Å²) >= 11 is 0. The van der Waals surface area contributed by atoms with E-state index in [1.54, 1.807) is 5.57 Å². The van der Waals surface area contributed by atoms with Gasteiger partial charge in [-0.05, 0) is 105 Å². The summed E-state index contributed by atoms with van der Waals surface area (Å²) in [4.78, 5) is 0. The van der Waals surface area contributed by atoms with Crippen molar-refractivity contribution in [2.45, 2.75) is 117 Å². The summed E-state index contributed by atoms with van der Waals surface area (Å²) in [6.07, 6.45) is 17.2. The first-order chi connectivity index (χ1) is 13.8. The highest BCUT2D eigenvalue weighted by Gasteiger charge is 2.59. The lowest BCUT2D eigenvalue weighted by Gasteiger charge is -2.58. The van der Waals surface area contributed by atoms with Crippen LogP contribution in [-0.2, 0) is 0 Å². The Morgan fingerprint density at radius 2 is 1.76 bits per heavy atom. The van der Waals surface area contributed by atoms with Gasteiger partial charge >= 0.3 is 0 Å². The first kappa shape index (κ1) is 21.9. The maximum Gasteiger partial charge on any atom is 0.0577 e. The standard InChI is InChI=1S/C27H46O2/c1-18(7-5-6-8-19(2)28)23-11-12-24-22-10-9-20-17-21(29)13-15-26(20,3)25(22)14-16-27(23,24)4/h9,18-19,21-25,28-29H,5-8,10-17H2,1-4H3/t18-,19-,21+,22+,23-,24+,25+,26+,27-/m1/s1. The van der Waals surface area contributed by atoms with E-state index < -0.39 is 0 Å². The summed E-state index contributed by atoms with van der Waals surface area (Å²) < 4.78 is 0. The third-order valence-corrected chi connectivity index (χ3v) is 10.4. The maximum atomic E-state index is 10.2. The summed E-state index contributed by atoms with van der Waals surface area (Å²) in [5.74, 6) is 4.36. The summed E-state index contributed by atoms with van der Waals surface area (Å²) in [6, 6.07) is 0. The minimum absolute atomic E-state index is 0.0923. The maximum absolute atomic E-state index is 10.2. The van der Waals surface area contributed by atoms with Gasteiger partial charge < -0.3 is 10.2 Å². The van der Waals surface area contributed by atoms with E-state index in [1.165, 1.54) is 57.8 Å². The first-order valence-corrected chi connectivity index (χ1v) is 12.8. The molecule has 0 aromatic heterocycles. The number of hydrogen-bond acceptors (Lipinski definition) is 2. The van der Waals surface area contributed by atoms with Crippen molar-refractivity contribution in [3.63, 3.8) is 0 Å². The zero-order valence-electron chi connectivity index (χ0n) is 19.5. The lowest BCUT2D eigenvalue weighted by atomic mass is 9.47. The van der Waals surface area contributed by atoms with Crippen LogP contribution in [0.3, 0.4) is 0 Å². The van der Waals surface area contributed by atoms with Crippen LogP contribution in [0.1, 0.15) is 105 Å². The summed E-state index contributed by atoms with van der Waals surface area (Å²) in [6.45, 7) is 9.64. The SMILES string of the molecule is C[C@H](CCCC[C@@H](C)O)[C@H]1CC[C@H]2[C@@H]3CC=C4C[C@@H](O)CC[C@]4(C)[C@H]3CC[C@]12C. The van der Waals surface area contributed by atoms with Crippen molar-refractivity contribution in [3.8, 4) is 0 Å². The number of unbranched alkanes of at least 4 members (excludes halogenated alkanes) is 1. The van der Waals surface area contributed by atoms with Crippen LogP contribution in [0.25, 0.3) is 0 Å². The molecule has 0 aromatic rings. The van der Waals surface area contributed by atoms with E-state index in [1.807, 2.05) is 6.92 Å². The number of aliphatic hydroxyl groups excluding tert-OH is 2. The molecule has 0 saturated heterocycles. The van der Waals surface area contributed by atoms with Gasteiger partial charge in [0.2, 0.25) is 0 Å². The van der Waals surface area contributed by atoms with Gasteiger partial charge in [-0.3, -0.25) is 0 Å². The molecule has 4 aliphatic rings. The molecule has 29 heavy (non-hydrogen) atoms. The van der Waals surface area contributed by atoms with Gasteiger partial charge in [-0.25, -0.2) is 0 Å². The predicted octanol–water partition coefficient (Wildman–Crippen LogP) is 6.50. The average Bonchev–Trinajstić information content (AvgIpc) is 3.03. The fourth-order valence-electron chi connectivity index (χ4n) is 8.72. The number of hydrogen-bond donors (Lipinski definition) is 2. The largest absolute Gasteiger partial charge is 0.393 e. The van der Waals surface area contributed by atoms with E-state index in [9.17, 15) is 10.2 Å². The van der Waals surface area contributed by atoms with Gasteiger partial charge in [0.05, 0.1) is 12.2 Å². The molecule has 0 unspecified atom stereocenters. The van der Waals surface area contributed by atoms with Crippen molar-refractivity contribution in [2.24, 2.45) is 40.4 Å². The van der Waals surface area contributed by atoms with Crippen molar-refractivity contribution >= 4 is 0 Å². The normalized spacial score (nSPS) is 46.3. The molecule has 0 radical (unpaired) electrons. The Morgan fingerprint density at radius 1 is 1.00 bits per heavy atom. The molecule has 2 N–H and O–H groups in total. The Hall–Kier alpha value is -0.340. The zero-order chi connectivity index (χ0) is 20.8. The summed E-state index contributed by atoms with van der Waals surface area (Å²) in [5.41, 5.74) is 2.51. The minimum atomic E-state index is -0.138. The van der Waals surface area contributed by atoms with E-state index >= 15 is 0 Å². The van der Waals surface area contributed by atoms with E-state index in [-0.39, 0.29) is 12.2 Å². The molecule has 4 aliphatic carbocycles. The highest BCUT2D eigenvalue weighted by molar-refractivity contribution is 5.25. The van der Waals surface area contributed by atoms with Gasteiger partial charge in [-0.1, -0.05) is 51.7 Å². The molecule has 3 saturated carbocycles. The molecular formula is C27H46O2. The molecule has 0 spiro atoms. The lowest BCUT2D eigenvalue weighted by molar-refractivity contribution is -0.0573. The molecular weight excluding hydrogens is 356 g/mol. The Morgan fingerprint density at radius 3 is 2.52 bits per heavy atom. The topological polar surface area (TPSA) is 40.5 Å². The third kappa shape index (κ3) is 3.86. The van der Waals surface area contributed by atoms with Gasteiger partial charge in [0.1, 0.15) is 0 Å². The van der Waals surface area contributed by atoms with Crippen LogP contribution in [0.2, 0.25) is 0 Å². The van der Waals surface area contributed by atoms with E-state index in [0.29, 0.717) is 10.8 Å². The number of allylic oxidation sites excluding steroid dienone is 1. The van der Waals surface area contributed by atoms with Crippen LogP contribution in [0.4, 0.5) is 0 Å². The fourth-order valence-corrected chi connectivity index (χ4v) is 8.72. The summed E-state index contributed by atoms with van der Waals surface area (Å²) in [5, 5.41) is 19.7. The molecule has 2 nitrogen and oxygen atoms in total. The van der Waals surface area contributed by atoms with Gasteiger partial charge in [0.15, 0.2) is 0 Å². The van der Waals surface area contributed by atoms with Crippen molar-refractivity contribution in [2.75, 3.05) is 0 Å². The smallest absolute Gasteiger partial charge is 0.0577 e. The third-order valence-electron chi connectivity index (χ3n) is 10.4. The molecule has 4 rings (SSSR count). The van der Waals surface area contributed by atoms with Crippen LogP contribution in [0.5, 0.6) is 0 Å². The molecule has 0 bridgehead atoms. The van der Waals surface area contributed by atoms with Crippen molar-refractivity contribution < 1.29 is 10.2 Å². The zero-order valence-corrected chi connectivity index (χ0v) is 19.5. The van der Waals surface area contributed by atoms with E-state index in [4.69, 9.17) is 0 Å². The molecule has 166 valence electrons. The van der Waals surface area contributed by atoms with Crippen LogP contribution >= 0.6 is 0 Å². The van der Waals surface area contributed by atoms with E-state index in [2.05, 4.69) is 26.8 Å². The second-order valence-electron chi connectivity index (χ2n) is 12.0. The minimum Gasteiger partial charge on any atom is -0.393 e. The Bertz CT molecular complexity index is 610. The van der Waals surface area contributed by atoms with Crippen LogP contribution in [0, 0.1) is 40.4 Å². The molecule has 3 fully saturated rings. The second kappa shape index (κ2) is 8.30. The van der Waals surface area contributed by atoms with Crippen LogP contribution < -0.4 is 0 Å². The van der Waals surface area contributed by atoms with Crippen LogP contribution in [0.15, 0.2) is 11.6 Å². The van der Waals surface area contributed by atoms with Gasteiger partial charge in [0, 0.05) is 0 Å². The Labute approximate surface area is 179 Å². The second-order valence-corrected chi connectivity index (χ2v) is 12.0. The molecule has 0 aromatic carbocycles. The van der Waals surface area contributed by atoms with Gasteiger partial charge in [-0.2, -0.15) is 0 Å². The first-order valence-electron chi connectivity index (χ1n) is 12.8. The quantitative estimate of drug-likeness (QED) is 0.393. The molecule has 0 aliphatic heterocycles. The molecule has 0 heterocycles. The van der Waals surface area contributed by atoms with Crippen molar-refractivity contribution in [1.29, 1.82) is 0 Å². The Kier molecular flexibility index (Phi) is 6.26. The summed E-state index contributed by atoms with van der Waals surface area (Å²) in [7, 11) is 0. The molecule has 2 heteroatoms. The molecule has 0 amide bonds. The molecule has 9 atom stereocenters. The van der Waals surface area contributed by atoms with E-state index in [0.717, 1.165) is 48.9 Å². The van der Waals surface area contributed by atoms with Crippen LogP contribution in [-0.4, -0.2) is 22.4 Å². The average molecular weight is 403 g/mol. The highest BCUT2D eigenvalue weighted by atomic mass is 16.3. The number of aliphatic hydroxyl groups is 2.